The van der Waals surface area contributed by atoms with E-state index in [1.54, 1.807) is 7.05 Å². The van der Waals surface area contributed by atoms with Crippen LogP contribution in [-0.4, -0.2) is 387 Å². The molecule has 7 aliphatic rings. The van der Waals surface area contributed by atoms with Gasteiger partial charge in [0, 0.05) is 76.9 Å². The van der Waals surface area contributed by atoms with Gasteiger partial charge < -0.3 is 165 Å². The lowest BCUT2D eigenvalue weighted by Crippen LogP contribution is -2.70. The van der Waals surface area contributed by atoms with Gasteiger partial charge in [-0.15, -0.1) is 11.8 Å². The quantitative estimate of drug-likeness (QED) is 0.0203. The summed E-state index contributed by atoms with van der Waals surface area (Å²) >= 11 is 1.23. The number of hydrogen-bond donors (Lipinski definition) is 21. The highest BCUT2D eigenvalue weighted by Crippen LogP contribution is 2.41. The zero-order valence-corrected chi connectivity index (χ0v) is 58.1. The molecule has 0 aromatic heterocycles. The fourth-order valence-electron chi connectivity index (χ4n) is 13.1. The number of aliphatic hydroxyl groups is 17. The Balaban J connectivity index is 1.01. The van der Waals surface area contributed by atoms with Crippen molar-refractivity contribution in [2.24, 2.45) is 11.8 Å². The molecule has 7 aliphatic heterocycles. The van der Waals surface area contributed by atoms with Crippen molar-refractivity contribution < 1.29 is 178 Å². The summed E-state index contributed by atoms with van der Waals surface area (Å²) in [6, 6.07) is -1.97. The number of imide groups is 1. The molecule has 0 saturated carbocycles. The SMILES string of the molecule is CNC(=O)CCCCCN1C(=O)CC(SCCC(=O)NCCCCCO[C@@H]2OC(CO)[C@@H](O[C@@H]3OC(CO)[C@H](O)[C@H](O[C@@H]4OC(CO[C@]5(C(=O)O)C[C@@H](O)[C@@H](C)C([C@H](O)[C@H](O)CO)O5)[C@@H](O)[C@H](O[C@@H]5OC(CO)[C@H](O[C@@H]6OC(CO)[C@H](O)[C@H](O)C6C)[C@H](O)C5O)C4NC(C)=O)C3O)[C@H](O)C2O)C1=O. The van der Waals surface area contributed by atoms with Crippen molar-refractivity contribution in [2.75, 3.05) is 72.1 Å². The Kier molecular flexibility index (Phi) is 33.6. The number of thioether (sulfide) groups is 1. The molecule has 7 rings (SSSR count). The second kappa shape index (κ2) is 40.1. The minimum Gasteiger partial charge on any atom is -0.477 e. The monoisotopic (exact) mass is 1510 g/mol. The van der Waals surface area contributed by atoms with Crippen molar-refractivity contribution in [1.82, 2.24) is 20.9 Å². The Morgan fingerprint density at radius 3 is 1.78 bits per heavy atom. The smallest absolute Gasteiger partial charge is 0.364 e. The summed E-state index contributed by atoms with van der Waals surface area (Å²) in [6.07, 6.45) is -48.9. The molecule has 7 fully saturated rings. The van der Waals surface area contributed by atoms with Gasteiger partial charge in [0.1, 0.15) is 122 Å². The van der Waals surface area contributed by atoms with Crippen LogP contribution in [0.25, 0.3) is 0 Å². The molecule has 7 saturated heterocycles. The standard InChI is InChI=1S/C62H104N4O36S/c1-25-28(73)18-62(61(89)90,102-50(25)41(79)29(74)19-67)92-24-34-44(82)53(100-59-48(86)46(84)51(33(23-71)96-59)98-56-26(2)40(78)42(80)30(20-68)93-56)39(65-27(3)72)57(97-34)101-54-43(81)31(21-69)94-60(49(54)87)99-52-32(22-70)95-58(47(85)45(52)83)91-15-10-6-8-13-64-37(76)12-16-103-35-17-38(77)66(55(35)88)14-9-5-7-11-36(75)63-4/h25-26,28-35,39-54,56-60,67-71,73-74,78-87H,5-24H2,1-4H3,(H,63,75)(H,64,76)(H,65,72)(H,89,90)/t25-,26?,28-,29-,30?,31?,32?,33?,34?,35?,39?,40-,41-,42+,43+,44-,45-,46-,47?,48?,49?,50?,51+,52-,53-,54+,56+,57+,58-,59+,60+,62-/m1/s1. The van der Waals surface area contributed by atoms with E-state index < -0.39 is 253 Å². The summed E-state index contributed by atoms with van der Waals surface area (Å²) < 4.78 is 70.8. The molecule has 7 heterocycles. The number of aliphatic hydroxyl groups excluding tert-OH is 17. The largest absolute Gasteiger partial charge is 0.477 e. The Bertz CT molecular complexity index is 2690. The average Bonchev–Trinajstić information content (AvgIpc) is 1.50. The van der Waals surface area contributed by atoms with Crippen LogP contribution >= 0.6 is 11.8 Å². The van der Waals surface area contributed by atoms with Gasteiger partial charge in [-0.2, -0.15) is 0 Å². The normalized spacial score (nSPS) is 40.8. The Morgan fingerprint density at radius 1 is 0.602 bits per heavy atom. The maximum absolute atomic E-state index is 13.2. The third-order valence-corrected chi connectivity index (χ3v) is 20.6. The topological polar surface area (TPSA) is 617 Å². The lowest BCUT2D eigenvalue weighted by molar-refractivity contribution is -0.387. The van der Waals surface area contributed by atoms with E-state index in [9.17, 15) is 121 Å². The van der Waals surface area contributed by atoms with Crippen LogP contribution in [0.5, 0.6) is 0 Å². The van der Waals surface area contributed by atoms with E-state index in [0.717, 1.165) is 6.92 Å². The summed E-state index contributed by atoms with van der Waals surface area (Å²) in [5, 5.41) is 205. The molecule has 0 aliphatic carbocycles. The van der Waals surface area contributed by atoms with Gasteiger partial charge in [0.25, 0.3) is 5.79 Å². The molecule has 0 spiro atoms. The Labute approximate surface area is 595 Å². The van der Waals surface area contributed by atoms with Crippen molar-refractivity contribution in [3.63, 3.8) is 0 Å². The molecule has 594 valence electrons. The van der Waals surface area contributed by atoms with Crippen molar-refractivity contribution in [2.45, 2.75) is 268 Å². The van der Waals surface area contributed by atoms with Gasteiger partial charge in [-0.05, 0) is 32.1 Å². The van der Waals surface area contributed by atoms with E-state index in [-0.39, 0.29) is 56.2 Å². The maximum Gasteiger partial charge on any atom is 0.364 e. The number of carbonyl (C=O) groups is 6. The zero-order valence-electron chi connectivity index (χ0n) is 57.3. The minimum atomic E-state index is -2.98. The number of nitrogens with zero attached hydrogens (tertiary/aromatic N) is 1. The van der Waals surface area contributed by atoms with E-state index in [0.29, 0.717) is 50.7 Å². The predicted molar refractivity (Wildman–Crippen MR) is 340 cm³/mol. The molecule has 0 bridgehead atoms. The number of rotatable bonds is 37. The fourth-order valence-corrected chi connectivity index (χ4v) is 14.2. The maximum atomic E-state index is 13.2. The van der Waals surface area contributed by atoms with Crippen LogP contribution in [0.1, 0.15) is 85.0 Å². The second-order valence-corrected chi connectivity index (χ2v) is 27.9. The predicted octanol–water partition coefficient (Wildman–Crippen LogP) is -10.3. The van der Waals surface area contributed by atoms with E-state index in [4.69, 9.17) is 56.8 Å². The van der Waals surface area contributed by atoms with Gasteiger partial charge in [-0.3, -0.25) is 28.9 Å². The van der Waals surface area contributed by atoms with Gasteiger partial charge >= 0.3 is 5.97 Å². The average molecular weight is 1510 g/mol. The molecule has 103 heavy (non-hydrogen) atoms. The summed E-state index contributed by atoms with van der Waals surface area (Å²) in [5.41, 5.74) is 0. The van der Waals surface area contributed by atoms with Crippen molar-refractivity contribution >= 4 is 47.3 Å². The third kappa shape index (κ3) is 21.4. The van der Waals surface area contributed by atoms with Crippen LogP contribution in [0.2, 0.25) is 0 Å². The molecular weight excluding hydrogens is 1410 g/mol. The van der Waals surface area contributed by atoms with E-state index in [2.05, 4.69) is 16.0 Å². The van der Waals surface area contributed by atoms with Crippen molar-refractivity contribution in [3.05, 3.63) is 0 Å². The van der Waals surface area contributed by atoms with Crippen LogP contribution in [0.4, 0.5) is 0 Å². The summed E-state index contributed by atoms with van der Waals surface area (Å²) in [4.78, 5) is 77.1. The van der Waals surface area contributed by atoms with Gasteiger partial charge in [0.2, 0.25) is 29.5 Å². The van der Waals surface area contributed by atoms with Gasteiger partial charge in [0.05, 0.1) is 63.2 Å². The third-order valence-electron chi connectivity index (χ3n) is 19.4. The number of hydrogen-bond acceptors (Lipinski definition) is 36. The molecule has 21 N–H and O–H groups in total. The van der Waals surface area contributed by atoms with E-state index in [1.165, 1.54) is 30.5 Å². The Morgan fingerprint density at radius 2 is 1.16 bits per heavy atom. The Hall–Kier alpha value is -3.79. The van der Waals surface area contributed by atoms with Crippen molar-refractivity contribution in [3.8, 4) is 0 Å². The number of unbranched alkanes of at least 4 members (excludes halogenated alkanes) is 4. The van der Waals surface area contributed by atoms with Crippen molar-refractivity contribution in [1.29, 1.82) is 0 Å². The number of ether oxygens (including phenoxy) is 12. The molecule has 32 atom stereocenters. The first-order chi connectivity index (χ1) is 48.9. The number of carboxylic acids is 1. The fraction of sp³-hybridized carbons (Fsp3) is 0.903. The highest BCUT2D eigenvalue weighted by molar-refractivity contribution is 8.00. The molecule has 40 nitrogen and oxygen atoms in total. The molecule has 0 aromatic rings. The lowest BCUT2D eigenvalue weighted by Gasteiger charge is -2.51. The first kappa shape index (κ1) is 86.4. The van der Waals surface area contributed by atoms with Gasteiger partial charge in [0.15, 0.2) is 31.5 Å². The highest BCUT2D eigenvalue weighted by atomic mass is 32.2. The van der Waals surface area contributed by atoms with Crippen LogP contribution in [0.3, 0.4) is 0 Å². The number of aliphatic carboxylic acids is 1. The molecule has 0 radical (unpaired) electrons. The first-order valence-corrected chi connectivity index (χ1v) is 35.4. The number of nitrogens with one attached hydrogen (secondary N) is 3. The number of carboxylic acid groups (broad SMARTS) is 1. The first-order valence-electron chi connectivity index (χ1n) is 34.4. The molecular formula is C62H104N4O36S. The number of amides is 5. The zero-order chi connectivity index (χ0) is 75.9. The number of carbonyl (C=O) groups excluding carboxylic acids is 5. The molecule has 41 heteroatoms. The van der Waals surface area contributed by atoms with Crippen LogP contribution < -0.4 is 16.0 Å². The summed E-state index contributed by atoms with van der Waals surface area (Å²) in [6.45, 7) is -1.96. The van der Waals surface area contributed by atoms with Crippen LogP contribution in [-0.2, 0) is 85.6 Å². The van der Waals surface area contributed by atoms with Gasteiger partial charge in [-0.1, -0.05) is 20.3 Å². The van der Waals surface area contributed by atoms with E-state index in [1.807, 2.05) is 0 Å². The molecule has 12 unspecified atom stereocenters. The second-order valence-electron chi connectivity index (χ2n) is 26.6. The minimum absolute atomic E-state index is 0.0358. The molecule has 0 aromatic carbocycles. The highest BCUT2D eigenvalue weighted by Gasteiger charge is 2.60. The lowest BCUT2D eigenvalue weighted by atomic mass is 9.84. The summed E-state index contributed by atoms with van der Waals surface area (Å²) in [5.74, 6) is -8.75. The van der Waals surface area contributed by atoms with E-state index >= 15 is 0 Å². The van der Waals surface area contributed by atoms with Crippen LogP contribution in [0.15, 0.2) is 0 Å². The van der Waals surface area contributed by atoms with Gasteiger partial charge in [-0.25, -0.2) is 4.79 Å². The van der Waals surface area contributed by atoms with Crippen LogP contribution in [0, 0.1) is 11.8 Å². The molecule has 5 amide bonds. The number of likely N-dealkylation sites (tertiary alicyclic amines) is 1. The summed E-state index contributed by atoms with van der Waals surface area (Å²) in [7, 11) is 1.55.